The van der Waals surface area contributed by atoms with Crippen molar-refractivity contribution in [3.63, 3.8) is 0 Å². The summed E-state index contributed by atoms with van der Waals surface area (Å²) in [5, 5.41) is 3.62. The molecule has 14 heavy (non-hydrogen) atoms. The highest BCUT2D eigenvalue weighted by Crippen LogP contribution is 2.07. The minimum Gasteiger partial charge on any atom is -0.338 e. The van der Waals surface area contributed by atoms with E-state index in [1.165, 1.54) is 6.20 Å². The van der Waals surface area contributed by atoms with Crippen molar-refractivity contribution in [2.45, 2.75) is 6.42 Å². The van der Waals surface area contributed by atoms with Crippen LogP contribution in [0.15, 0.2) is 18.6 Å². The SMILES string of the molecule is Cn1ccnc1CC(=O)c1cnns1. The van der Waals surface area contributed by atoms with Crippen LogP contribution in [0.5, 0.6) is 0 Å². The summed E-state index contributed by atoms with van der Waals surface area (Å²) >= 11 is 1.11. The summed E-state index contributed by atoms with van der Waals surface area (Å²) in [4.78, 5) is 16.3. The van der Waals surface area contributed by atoms with E-state index in [1.807, 2.05) is 17.8 Å². The summed E-state index contributed by atoms with van der Waals surface area (Å²) in [6.45, 7) is 0. The molecule has 0 unspecified atom stereocenters. The van der Waals surface area contributed by atoms with Crippen LogP contribution in [0, 0.1) is 0 Å². The van der Waals surface area contributed by atoms with Crippen LogP contribution in [-0.2, 0) is 13.5 Å². The summed E-state index contributed by atoms with van der Waals surface area (Å²) in [6, 6.07) is 0. The molecule has 0 fully saturated rings. The Kier molecular flexibility index (Phi) is 2.36. The molecule has 6 heteroatoms. The molecule has 0 atom stereocenters. The fraction of sp³-hybridized carbons (Fsp3) is 0.250. The van der Waals surface area contributed by atoms with Crippen molar-refractivity contribution in [2.75, 3.05) is 0 Å². The van der Waals surface area contributed by atoms with Crippen LogP contribution in [0.1, 0.15) is 15.5 Å². The molecule has 0 radical (unpaired) electrons. The van der Waals surface area contributed by atoms with E-state index in [1.54, 1.807) is 6.20 Å². The van der Waals surface area contributed by atoms with Gasteiger partial charge in [-0.25, -0.2) is 4.98 Å². The second kappa shape index (κ2) is 3.67. The number of ketones is 1. The van der Waals surface area contributed by atoms with Gasteiger partial charge in [0.25, 0.3) is 0 Å². The first-order chi connectivity index (χ1) is 6.77. The quantitative estimate of drug-likeness (QED) is 0.696. The lowest BCUT2D eigenvalue weighted by molar-refractivity contribution is 0.0993. The number of aromatic nitrogens is 4. The zero-order chi connectivity index (χ0) is 9.97. The van der Waals surface area contributed by atoms with Gasteiger partial charge in [0, 0.05) is 19.4 Å². The Hall–Kier alpha value is -1.56. The van der Waals surface area contributed by atoms with Gasteiger partial charge < -0.3 is 4.57 Å². The van der Waals surface area contributed by atoms with Crippen LogP contribution in [0.2, 0.25) is 0 Å². The maximum atomic E-state index is 11.6. The van der Waals surface area contributed by atoms with Crippen LogP contribution in [0.25, 0.3) is 0 Å². The molecule has 2 aromatic heterocycles. The molecule has 0 aliphatic rings. The highest BCUT2D eigenvalue weighted by Gasteiger charge is 2.11. The van der Waals surface area contributed by atoms with Crippen molar-refractivity contribution in [1.82, 2.24) is 19.1 Å². The van der Waals surface area contributed by atoms with E-state index >= 15 is 0 Å². The molecule has 0 aliphatic heterocycles. The molecule has 0 saturated carbocycles. The Morgan fingerprint density at radius 2 is 2.50 bits per heavy atom. The minimum absolute atomic E-state index is 0.00861. The molecule has 0 amide bonds. The van der Waals surface area contributed by atoms with Crippen molar-refractivity contribution in [3.05, 3.63) is 29.3 Å². The second-order valence-electron chi connectivity index (χ2n) is 2.84. The van der Waals surface area contributed by atoms with Gasteiger partial charge in [0.15, 0.2) is 5.78 Å². The lowest BCUT2D eigenvalue weighted by Crippen LogP contribution is -2.06. The van der Waals surface area contributed by atoms with Crippen molar-refractivity contribution >= 4 is 17.3 Å². The van der Waals surface area contributed by atoms with Gasteiger partial charge in [0.1, 0.15) is 10.7 Å². The van der Waals surface area contributed by atoms with Crippen LogP contribution in [-0.4, -0.2) is 24.9 Å². The number of hydrogen-bond acceptors (Lipinski definition) is 5. The first-order valence-electron chi connectivity index (χ1n) is 4.04. The maximum absolute atomic E-state index is 11.6. The third-order valence-electron chi connectivity index (χ3n) is 1.88. The van der Waals surface area contributed by atoms with E-state index in [4.69, 9.17) is 0 Å². The summed E-state index contributed by atoms with van der Waals surface area (Å²) < 4.78 is 5.46. The maximum Gasteiger partial charge on any atom is 0.183 e. The molecule has 0 aromatic carbocycles. The molecule has 0 bridgehead atoms. The molecular weight excluding hydrogens is 200 g/mol. The predicted octanol–water partition coefficient (Wildman–Crippen LogP) is 0.697. The zero-order valence-electron chi connectivity index (χ0n) is 7.54. The molecule has 2 aromatic rings. The van der Waals surface area contributed by atoms with Crippen molar-refractivity contribution in [2.24, 2.45) is 7.05 Å². The van der Waals surface area contributed by atoms with E-state index < -0.39 is 0 Å². The van der Waals surface area contributed by atoms with E-state index in [9.17, 15) is 4.79 Å². The van der Waals surface area contributed by atoms with Gasteiger partial charge in [0.2, 0.25) is 0 Å². The molecule has 2 rings (SSSR count). The third-order valence-corrected chi connectivity index (χ3v) is 2.58. The molecule has 0 spiro atoms. The molecule has 2 heterocycles. The van der Waals surface area contributed by atoms with Gasteiger partial charge in [0.05, 0.1) is 12.6 Å². The molecule has 72 valence electrons. The Morgan fingerprint density at radius 3 is 3.07 bits per heavy atom. The first-order valence-corrected chi connectivity index (χ1v) is 4.81. The lowest BCUT2D eigenvalue weighted by Gasteiger charge is -1.97. The second-order valence-corrected chi connectivity index (χ2v) is 3.62. The average Bonchev–Trinajstić information content (AvgIpc) is 2.77. The van der Waals surface area contributed by atoms with E-state index in [0.29, 0.717) is 11.3 Å². The third kappa shape index (κ3) is 1.69. The van der Waals surface area contributed by atoms with Gasteiger partial charge >= 0.3 is 0 Å². The zero-order valence-corrected chi connectivity index (χ0v) is 8.36. The minimum atomic E-state index is 0.00861. The first kappa shape index (κ1) is 9.01. The van der Waals surface area contributed by atoms with Crippen molar-refractivity contribution in [1.29, 1.82) is 0 Å². The highest BCUT2D eigenvalue weighted by atomic mass is 32.1. The van der Waals surface area contributed by atoms with Gasteiger partial charge in [-0.15, -0.1) is 5.10 Å². The van der Waals surface area contributed by atoms with Gasteiger partial charge in [-0.1, -0.05) is 4.49 Å². The van der Waals surface area contributed by atoms with Crippen molar-refractivity contribution < 1.29 is 4.79 Å². The number of nitrogens with zero attached hydrogens (tertiary/aromatic N) is 4. The van der Waals surface area contributed by atoms with Gasteiger partial charge in [-0.3, -0.25) is 4.79 Å². The van der Waals surface area contributed by atoms with Gasteiger partial charge in [-0.05, 0) is 11.5 Å². The van der Waals surface area contributed by atoms with E-state index in [0.717, 1.165) is 17.4 Å². The van der Waals surface area contributed by atoms with Crippen LogP contribution in [0.4, 0.5) is 0 Å². The summed E-state index contributed by atoms with van der Waals surface area (Å²) in [5.41, 5.74) is 0. The number of hydrogen-bond donors (Lipinski definition) is 0. The lowest BCUT2D eigenvalue weighted by atomic mass is 10.2. The molecule has 0 aliphatic carbocycles. The van der Waals surface area contributed by atoms with Crippen LogP contribution >= 0.6 is 11.5 Å². The average molecular weight is 208 g/mol. The van der Waals surface area contributed by atoms with E-state index in [-0.39, 0.29) is 5.78 Å². The fourth-order valence-corrected chi connectivity index (χ4v) is 1.54. The largest absolute Gasteiger partial charge is 0.338 e. The van der Waals surface area contributed by atoms with Gasteiger partial charge in [-0.2, -0.15) is 0 Å². The predicted molar refractivity (Wildman–Crippen MR) is 51.2 cm³/mol. The summed E-state index contributed by atoms with van der Waals surface area (Å²) in [6.07, 6.45) is 5.27. The van der Waals surface area contributed by atoms with Crippen LogP contribution in [0.3, 0.4) is 0 Å². The number of Topliss-reactive ketones (excluding diaryl/α,β-unsaturated/α-hetero) is 1. The standard InChI is InChI=1S/C8H8N4OS/c1-12-3-2-9-8(12)4-6(13)7-5-10-11-14-7/h2-3,5H,4H2,1H3. The smallest absolute Gasteiger partial charge is 0.183 e. The number of carbonyl (C=O) groups excluding carboxylic acids is 1. The highest BCUT2D eigenvalue weighted by molar-refractivity contribution is 7.07. The number of imidazole rings is 1. The van der Waals surface area contributed by atoms with Crippen molar-refractivity contribution in [3.8, 4) is 0 Å². The number of aryl methyl sites for hydroxylation is 1. The molecule has 0 N–H and O–H groups in total. The Bertz CT molecular complexity index is 434. The summed E-state index contributed by atoms with van der Waals surface area (Å²) in [5.74, 6) is 0.762. The Morgan fingerprint density at radius 1 is 1.64 bits per heavy atom. The molecular formula is C8H8N4OS. The molecule has 0 saturated heterocycles. The Balaban J connectivity index is 2.13. The van der Waals surface area contributed by atoms with E-state index in [2.05, 4.69) is 14.6 Å². The fourth-order valence-electron chi connectivity index (χ4n) is 1.09. The number of rotatable bonds is 3. The molecule has 5 nitrogen and oxygen atoms in total. The topological polar surface area (TPSA) is 60.7 Å². The normalized spacial score (nSPS) is 10.4. The number of carbonyl (C=O) groups is 1. The monoisotopic (exact) mass is 208 g/mol. The van der Waals surface area contributed by atoms with Crippen LogP contribution < -0.4 is 0 Å². The Labute approximate surface area is 84.6 Å². The summed E-state index contributed by atoms with van der Waals surface area (Å²) in [7, 11) is 1.86.